The summed E-state index contributed by atoms with van der Waals surface area (Å²) in [4.78, 5) is 30.2. The van der Waals surface area contributed by atoms with Gasteiger partial charge in [-0.05, 0) is 76.1 Å². The highest BCUT2D eigenvalue weighted by Crippen LogP contribution is 2.56. The number of ether oxygens (including phenoxy) is 2. The number of nitrogens with zero attached hydrogens (tertiary/aromatic N) is 2. The Hall–Kier alpha value is -0.960. The molecule has 0 amide bonds. The van der Waals surface area contributed by atoms with Gasteiger partial charge in [0.1, 0.15) is 5.60 Å². The van der Waals surface area contributed by atoms with Gasteiger partial charge in [0.05, 0.1) is 12.1 Å². The standard InChI is InChI=1S/C30H42N2O4S2/c1-3-21-23(14-19-16-27(33)35-29(19,2)25-8-4-6-10-31(21)25)37-12-13-38-24-15-20-17-28(34)36-30(20)18-22(24)32-11-7-5-9-26(30)32/h16-17,21-26H,3-15,18H2,1-2H3/t21-,22+,23?,24?,25+,26-,29-,30+/m1/s1. The zero-order chi connectivity index (χ0) is 26.1. The quantitative estimate of drug-likeness (QED) is 0.343. The van der Waals surface area contributed by atoms with E-state index in [0.29, 0.717) is 34.7 Å². The van der Waals surface area contributed by atoms with Gasteiger partial charge in [0.25, 0.3) is 0 Å². The van der Waals surface area contributed by atoms with Gasteiger partial charge in [0.15, 0.2) is 5.60 Å². The second kappa shape index (κ2) is 9.85. The lowest BCUT2D eigenvalue weighted by Gasteiger charge is -2.46. The highest BCUT2D eigenvalue weighted by molar-refractivity contribution is 8.03. The fourth-order valence-electron chi connectivity index (χ4n) is 9.22. The third kappa shape index (κ3) is 3.98. The summed E-state index contributed by atoms with van der Waals surface area (Å²) < 4.78 is 12.1. The Morgan fingerprint density at radius 2 is 1.53 bits per heavy atom. The molecule has 8 atom stereocenters. The number of thioether (sulfide) groups is 2. The van der Waals surface area contributed by atoms with Gasteiger partial charge < -0.3 is 9.47 Å². The van der Waals surface area contributed by atoms with Crippen LogP contribution < -0.4 is 0 Å². The van der Waals surface area contributed by atoms with Crippen molar-refractivity contribution in [1.29, 1.82) is 0 Å². The molecule has 2 bridgehead atoms. The van der Waals surface area contributed by atoms with Crippen LogP contribution in [0.2, 0.25) is 0 Å². The minimum Gasteiger partial charge on any atom is -0.450 e. The fraction of sp³-hybridized carbons (Fsp3) is 0.800. The van der Waals surface area contributed by atoms with Crippen molar-refractivity contribution >= 4 is 35.5 Å². The molecule has 1 aliphatic carbocycles. The first kappa shape index (κ1) is 26.0. The first-order valence-corrected chi connectivity index (χ1v) is 17.2. The van der Waals surface area contributed by atoms with E-state index < -0.39 is 5.60 Å². The minimum absolute atomic E-state index is 0.113. The lowest BCUT2D eigenvalue weighted by Crippen LogP contribution is -2.57. The summed E-state index contributed by atoms with van der Waals surface area (Å²) in [6, 6.07) is 1.77. The van der Waals surface area contributed by atoms with Crippen LogP contribution in [0.15, 0.2) is 23.3 Å². The first-order valence-electron chi connectivity index (χ1n) is 15.1. The van der Waals surface area contributed by atoms with E-state index >= 15 is 0 Å². The van der Waals surface area contributed by atoms with Crippen LogP contribution >= 0.6 is 23.5 Å². The predicted octanol–water partition coefficient (Wildman–Crippen LogP) is 4.72. The van der Waals surface area contributed by atoms with E-state index in [9.17, 15) is 9.59 Å². The summed E-state index contributed by atoms with van der Waals surface area (Å²) in [7, 11) is 0. The van der Waals surface area contributed by atoms with Gasteiger partial charge in [0.2, 0.25) is 0 Å². The Labute approximate surface area is 235 Å². The number of carbonyl (C=O) groups is 2. The van der Waals surface area contributed by atoms with Crippen molar-refractivity contribution < 1.29 is 19.1 Å². The molecule has 0 aromatic rings. The molecular formula is C30H42N2O4S2. The molecule has 38 heavy (non-hydrogen) atoms. The van der Waals surface area contributed by atoms with E-state index in [-0.39, 0.29) is 17.5 Å². The normalized spacial score (nSPS) is 44.3. The molecule has 6 aliphatic heterocycles. The largest absolute Gasteiger partial charge is 0.450 e. The van der Waals surface area contributed by atoms with Crippen LogP contribution in [0.4, 0.5) is 0 Å². The summed E-state index contributed by atoms with van der Waals surface area (Å²) in [5.41, 5.74) is 1.74. The van der Waals surface area contributed by atoms with Gasteiger partial charge in [0, 0.05) is 52.7 Å². The molecule has 208 valence electrons. The monoisotopic (exact) mass is 558 g/mol. The van der Waals surface area contributed by atoms with Crippen LogP contribution in [-0.2, 0) is 19.1 Å². The lowest BCUT2D eigenvalue weighted by atomic mass is 9.77. The lowest BCUT2D eigenvalue weighted by molar-refractivity contribution is -0.152. The van der Waals surface area contributed by atoms with Gasteiger partial charge in [-0.1, -0.05) is 19.8 Å². The van der Waals surface area contributed by atoms with E-state index in [0.717, 1.165) is 63.1 Å². The average Bonchev–Trinajstić information content (AvgIpc) is 3.48. The molecule has 0 N–H and O–H groups in total. The summed E-state index contributed by atoms with van der Waals surface area (Å²) in [5, 5.41) is 1.03. The van der Waals surface area contributed by atoms with E-state index in [1.54, 1.807) is 0 Å². The molecule has 6 heterocycles. The Bertz CT molecular complexity index is 1060. The van der Waals surface area contributed by atoms with Gasteiger partial charge >= 0.3 is 11.9 Å². The van der Waals surface area contributed by atoms with Crippen LogP contribution in [0, 0.1) is 0 Å². The highest BCUT2D eigenvalue weighted by Gasteiger charge is 2.63. The zero-order valence-corrected chi connectivity index (χ0v) is 24.5. The van der Waals surface area contributed by atoms with Crippen LogP contribution in [0.25, 0.3) is 0 Å². The predicted molar refractivity (Wildman–Crippen MR) is 152 cm³/mol. The third-order valence-corrected chi connectivity index (χ3v) is 13.8. The molecule has 8 heteroatoms. The summed E-state index contributed by atoms with van der Waals surface area (Å²) >= 11 is 4.25. The van der Waals surface area contributed by atoms with E-state index in [1.165, 1.54) is 36.8 Å². The number of esters is 2. The first-order chi connectivity index (χ1) is 18.4. The SMILES string of the molecule is CC[C@@H]1C(SCCSC2CC3=CC(=O)O[C@@]34C[C@@H]2N2CCCC[C@@H]24)CC2=CC(=O)O[C@@]2(C)[C@@H]2CCCCN12. The van der Waals surface area contributed by atoms with Gasteiger partial charge in [-0.25, -0.2) is 9.59 Å². The summed E-state index contributed by atoms with van der Waals surface area (Å²) in [6.07, 6.45) is 15.0. The third-order valence-electron chi connectivity index (χ3n) is 10.9. The number of piperidine rings is 2. The molecule has 0 aromatic heterocycles. The van der Waals surface area contributed by atoms with Gasteiger partial charge in [-0.3, -0.25) is 9.80 Å². The van der Waals surface area contributed by atoms with Crippen molar-refractivity contribution in [1.82, 2.24) is 9.80 Å². The topological polar surface area (TPSA) is 59.1 Å². The zero-order valence-electron chi connectivity index (χ0n) is 22.9. The smallest absolute Gasteiger partial charge is 0.331 e. The maximum Gasteiger partial charge on any atom is 0.331 e. The van der Waals surface area contributed by atoms with Gasteiger partial charge in [-0.15, -0.1) is 0 Å². The highest BCUT2D eigenvalue weighted by atomic mass is 32.2. The number of hydrogen-bond donors (Lipinski definition) is 0. The van der Waals surface area contributed by atoms with Gasteiger partial charge in [-0.2, -0.15) is 23.5 Å². The molecule has 1 spiro atoms. The van der Waals surface area contributed by atoms with E-state index in [2.05, 4.69) is 47.2 Å². The maximum absolute atomic E-state index is 12.4. The maximum atomic E-state index is 12.4. The van der Waals surface area contributed by atoms with Crippen LogP contribution in [0.3, 0.4) is 0 Å². The van der Waals surface area contributed by atoms with E-state index in [1.807, 2.05) is 12.2 Å². The molecule has 7 rings (SSSR count). The van der Waals surface area contributed by atoms with Crippen molar-refractivity contribution in [3.8, 4) is 0 Å². The van der Waals surface area contributed by atoms with Crippen molar-refractivity contribution in [3.05, 3.63) is 23.3 Å². The Morgan fingerprint density at radius 1 is 0.868 bits per heavy atom. The molecule has 4 saturated heterocycles. The number of hydrogen-bond acceptors (Lipinski definition) is 8. The van der Waals surface area contributed by atoms with Crippen LogP contribution in [0.1, 0.15) is 78.1 Å². The second-order valence-electron chi connectivity index (χ2n) is 12.7. The number of rotatable bonds is 6. The molecule has 7 aliphatic rings. The molecule has 2 unspecified atom stereocenters. The fourth-order valence-corrected chi connectivity index (χ4v) is 12.2. The molecule has 1 saturated carbocycles. The van der Waals surface area contributed by atoms with Crippen LogP contribution in [-0.4, -0.2) is 92.2 Å². The summed E-state index contributed by atoms with van der Waals surface area (Å²) in [5.74, 6) is 1.99. The number of carbonyl (C=O) groups excluding carboxylic acids is 2. The minimum atomic E-state index is -0.453. The number of fused-ring (bicyclic) bond motifs is 6. The van der Waals surface area contributed by atoms with Crippen molar-refractivity contribution in [2.45, 2.75) is 124 Å². The molecule has 0 aromatic carbocycles. The van der Waals surface area contributed by atoms with E-state index in [4.69, 9.17) is 9.47 Å². The average molecular weight is 559 g/mol. The Kier molecular flexibility index (Phi) is 6.73. The Balaban J connectivity index is 1.03. The molecule has 0 radical (unpaired) electrons. The van der Waals surface area contributed by atoms with Crippen molar-refractivity contribution in [2.24, 2.45) is 0 Å². The second-order valence-corrected chi connectivity index (χ2v) is 15.3. The molecular weight excluding hydrogens is 516 g/mol. The molecule has 6 nitrogen and oxygen atoms in total. The Morgan fingerprint density at radius 3 is 2.32 bits per heavy atom. The molecule has 5 fully saturated rings. The summed E-state index contributed by atoms with van der Waals surface area (Å²) in [6.45, 7) is 6.78. The van der Waals surface area contributed by atoms with Crippen molar-refractivity contribution in [2.75, 3.05) is 24.6 Å². The van der Waals surface area contributed by atoms with Crippen molar-refractivity contribution in [3.63, 3.8) is 0 Å². The van der Waals surface area contributed by atoms with Crippen LogP contribution in [0.5, 0.6) is 0 Å².